The Balaban J connectivity index is 1.91. The van der Waals surface area contributed by atoms with E-state index in [9.17, 15) is 19.7 Å². The van der Waals surface area contributed by atoms with Gasteiger partial charge in [0.15, 0.2) is 0 Å². The number of hydrogen-bond acceptors (Lipinski definition) is 6. The minimum atomic E-state index is -0.492. The van der Waals surface area contributed by atoms with Crippen molar-refractivity contribution in [2.75, 3.05) is 29.9 Å². The van der Waals surface area contributed by atoms with Crippen molar-refractivity contribution in [2.45, 2.75) is 64.8 Å². The second-order valence-electron chi connectivity index (χ2n) is 9.39. The van der Waals surface area contributed by atoms with E-state index in [1.807, 2.05) is 0 Å². The summed E-state index contributed by atoms with van der Waals surface area (Å²) in [5, 5.41) is 17.9. The Kier molecular flexibility index (Phi) is 7.93. The predicted molar refractivity (Wildman–Crippen MR) is 125 cm³/mol. The third-order valence-corrected chi connectivity index (χ3v) is 6.72. The van der Waals surface area contributed by atoms with Gasteiger partial charge in [0, 0.05) is 38.2 Å². The van der Waals surface area contributed by atoms with Crippen molar-refractivity contribution in [3.8, 4) is 0 Å². The van der Waals surface area contributed by atoms with Gasteiger partial charge < -0.3 is 21.3 Å². The van der Waals surface area contributed by atoms with Gasteiger partial charge >= 0.3 is 0 Å². The fourth-order valence-electron chi connectivity index (χ4n) is 4.55. The Bertz CT molecular complexity index is 843. The third-order valence-electron chi connectivity index (χ3n) is 6.72. The van der Waals surface area contributed by atoms with Crippen LogP contribution in [0.15, 0.2) is 12.1 Å². The van der Waals surface area contributed by atoms with Crippen LogP contribution in [0.5, 0.6) is 0 Å². The van der Waals surface area contributed by atoms with Gasteiger partial charge in [0.05, 0.1) is 16.2 Å². The van der Waals surface area contributed by atoms with E-state index < -0.39 is 10.8 Å². The van der Waals surface area contributed by atoms with Crippen molar-refractivity contribution in [3.63, 3.8) is 0 Å². The zero-order chi connectivity index (χ0) is 23.3. The average Bonchev–Trinajstić information content (AvgIpc) is 2.75. The fourth-order valence-corrected chi connectivity index (χ4v) is 4.55. The van der Waals surface area contributed by atoms with Gasteiger partial charge in [0.25, 0.3) is 11.6 Å². The highest BCUT2D eigenvalue weighted by Crippen LogP contribution is 2.36. The molecule has 1 aliphatic carbocycles. The number of nitro groups is 1. The normalized spacial score (nSPS) is 21.8. The molecule has 2 fully saturated rings. The van der Waals surface area contributed by atoms with E-state index >= 15 is 0 Å². The second-order valence-corrected chi connectivity index (χ2v) is 9.39. The summed E-state index contributed by atoms with van der Waals surface area (Å²) in [7, 11) is 0. The van der Waals surface area contributed by atoms with E-state index in [2.05, 4.69) is 29.4 Å². The van der Waals surface area contributed by atoms with Gasteiger partial charge in [-0.3, -0.25) is 19.7 Å². The third kappa shape index (κ3) is 6.11. The first-order valence-corrected chi connectivity index (χ1v) is 11.6. The number of nitrogens with two attached hydrogens (primary N) is 1. The quantitative estimate of drug-likeness (QED) is 0.415. The van der Waals surface area contributed by atoms with Gasteiger partial charge in [-0.25, -0.2) is 0 Å². The van der Waals surface area contributed by atoms with E-state index in [1.165, 1.54) is 6.07 Å². The SMILES string of the molecule is CC1CCC(NC(=O)c2cc([N+](=O)[O-])c(NCCC(N)=O)cc2N2CCC(C)CC2)CC1. The standard InChI is InChI=1S/C23H35N5O4/c1-15-3-5-17(6-4-15)26-23(30)18-13-21(28(31)32)19(25-10-7-22(24)29)14-20(18)27-11-8-16(2)9-12-27/h13-17,25H,3-12H2,1-2H3,(H2,24,29)(H,26,30). The number of nitro benzene ring substituents is 1. The summed E-state index contributed by atoms with van der Waals surface area (Å²) in [5.41, 5.74) is 6.36. The minimum Gasteiger partial charge on any atom is -0.379 e. The number of amides is 2. The molecule has 0 radical (unpaired) electrons. The van der Waals surface area contributed by atoms with Crippen LogP contribution in [-0.2, 0) is 4.79 Å². The van der Waals surface area contributed by atoms with Crippen molar-refractivity contribution in [2.24, 2.45) is 17.6 Å². The molecule has 0 unspecified atom stereocenters. The van der Waals surface area contributed by atoms with Crippen LogP contribution in [0.25, 0.3) is 0 Å². The predicted octanol–water partition coefficient (Wildman–Crippen LogP) is 3.43. The molecule has 3 rings (SSSR count). The summed E-state index contributed by atoms with van der Waals surface area (Å²) < 4.78 is 0. The van der Waals surface area contributed by atoms with E-state index in [4.69, 9.17) is 5.73 Å². The summed E-state index contributed by atoms with van der Waals surface area (Å²) in [6.07, 6.45) is 6.08. The Morgan fingerprint density at radius 3 is 2.31 bits per heavy atom. The molecule has 0 spiro atoms. The fraction of sp³-hybridized carbons (Fsp3) is 0.652. The van der Waals surface area contributed by atoms with E-state index in [-0.39, 0.29) is 30.6 Å². The molecule has 2 aliphatic rings. The minimum absolute atomic E-state index is 0.0655. The maximum Gasteiger partial charge on any atom is 0.293 e. The molecule has 9 heteroatoms. The molecule has 1 saturated carbocycles. The van der Waals surface area contributed by atoms with E-state index in [0.29, 0.717) is 28.8 Å². The number of rotatable bonds is 8. The number of hydrogen-bond donors (Lipinski definition) is 3. The van der Waals surface area contributed by atoms with Gasteiger partial charge in [-0.2, -0.15) is 0 Å². The van der Waals surface area contributed by atoms with Gasteiger partial charge in [-0.05, 0) is 56.4 Å². The number of benzene rings is 1. The Morgan fingerprint density at radius 1 is 1.09 bits per heavy atom. The molecule has 1 heterocycles. The Hall–Kier alpha value is -2.84. The van der Waals surface area contributed by atoms with Crippen LogP contribution in [0.3, 0.4) is 0 Å². The van der Waals surface area contributed by atoms with Gasteiger partial charge in [-0.15, -0.1) is 0 Å². The van der Waals surface area contributed by atoms with Crippen LogP contribution in [0.2, 0.25) is 0 Å². The summed E-state index contributed by atoms with van der Waals surface area (Å²) in [4.78, 5) is 37.8. The van der Waals surface area contributed by atoms with Gasteiger partial charge in [0.1, 0.15) is 5.69 Å². The Morgan fingerprint density at radius 2 is 1.72 bits per heavy atom. The molecular formula is C23H35N5O4. The molecule has 32 heavy (non-hydrogen) atoms. The number of piperidine rings is 1. The highest BCUT2D eigenvalue weighted by molar-refractivity contribution is 6.02. The zero-order valence-corrected chi connectivity index (χ0v) is 19.1. The lowest BCUT2D eigenvalue weighted by molar-refractivity contribution is -0.384. The van der Waals surface area contributed by atoms with Gasteiger partial charge in [0.2, 0.25) is 5.91 Å². The van der Waals surface area contributed by atoms with Crippen molar-refractivity contribution in [1.29, 1.82) is 0 Å². The zero-order valence-electron chi connectivity index (χ0n) is 19.1. The highest BCUT2D eigenvalue weighted by atomic mass is 16.6. The molecule has 0 aromatic heterocycles. The van der Waals surface area contributed by atoms with Crippen molar-refractivity contribution < 1.29 is 14.5 Å². The molecular weight excluding hydrogens is 410 g/mol. The van der Waals surface area contributed by atoms with Crippen molar-refractivity contribution in [3.05, 3.63) is 27.8 Å². The Labute approximate surface area is 189 Å². The van der Waals surface area contributed by atoms with Gasteiger partial charge in [-0.1, -0.05) is 13.8 Å². The smallest absolute Gasteiger partial charge is 0.293 e. The van der Waals surface area contributed by atoms with Crippen LogP contribution < -0.4 is 21.3 Å². The molecule has 176 valence electrons. The molecule has 4 N–H and O–H groups in total. The van der Waals surface area contributed by atoms with Crippen molar-refractivity contribution in [1.82, 2.24) is 5.32 Å². The first-order valence-electron chi connectivity index (χ1n) is 11.6. The lowest BCUT2D eigenvalue weighted by Gasteiger charge is -2.34. The average molecular weight is 446 g/mol. The van der Waals surface area contributed by atoms with Crippen LogP contribution in [0.4, 0.5) is 17.1 Å². The highest BCUT2D eigenvalue weighted by Gasteiger charge is 2.28. The molecule has 1 aromatic carbocycles. The largest absolute Gasteiger partial charge is 0.379 e. The molecule has 0 atom stereocenters. The molecule has 1 saturated heterocycles. The summed E-state index contributed by atoms with van der Waals surface area (Å²) in [6, 6.07) is 3.16. The molecule has 9 nitrogen and oxygen atoms in total. The number of primary amides is 1. The maximum atomic E-state index is 13.3. The maximum absolute atomic E-state index is 13.3. The molecule has 0 bridgehead atoms. The first kappa shape index (κ1) is 23.8. The number of anilines is 2. The van der Waals surface area contributed by atoms with E-state index in [0.717, 1.165) is 51.6 Å². The monoisotopic (exact) mass is 445 g/mol. The number of carbonyl (C=O) groups excluding carboxylic acids is 2. The van der Waals surface area contributed by atoms with Crippen molar-refractivity contribution >= 4 is 28.9 Å². The van der Waals surface area contributed by atoms with Crippen LogP contribution >= 0.6 is 0 Å². The van der Waals surface area contributed by atoms with Crippen LogP contribution in [0, 0.1) is 22.0 Å². The number of nitrogens with one attached hydrogen (secondary N) is 2. The van der Waals surface area contributed by atoms with Crippen LogP contribution in [0.1, 0.15) is 69.2 Å². The summed E-state index contributed by atoms with van der Waals surface area (Å²) >= 11 is 0. The molecule has 1 aliphatic heterocycles. The molecule has 1 aromatic rings. The number of nitrogens with zero attached hydrogens (tertiary/aromatic N) is 2. The van der Waals surface area contributed by atoms with Crippen LogP contribution in [-0.4, -0.2) is 42.4 Å². The summed E-state index contributed by atoms with van der Waals surface area (Å²) in [5.74, 6) is 0.535. The second kappa shape index (κ2) is 10.7. The first-order chi connectivity index (χ1) is 15.2. The topological polar surface area (TPSA) is 131 Å². The lowest BCUT2D eigenvalue weighted by atomic mass is 9.87. The van der Waals surface area contributed by atoms with E-state index in [1.54, 1.807) is 6.07 Å². The molecule has 2 amide bonds. The number of carbonyl (C=O) groups is 2. The lowest BCUT2D eigenvalue weighted by Crippen LogP contribution is -2.39. The summed E-state index contributed by atoms with van der Waals surface area (Å²) in [6.45, 7) is 6.21.